The van der Waals surface area contributed by atoms with Crippen LogP contribution in [0.1, 0.15) is 39.5 Å². The SMILES string of the molecule is CCCCOC(=O)CS(=O)CCCC. The van der Waals surface area contributed by atoms with Gasteiger partial charge in [-0.25, -0.2) is 0 Å². The van der Waals surface area contributed by atoms with Crippen LogP contribution in [0.2, 0.25) is 0 Å². The number of rotatable bonds is 8. The number of hydrogen-bond donors (Lipinski definition) is 0. The second-order valence-corrected chi connectivity index (χ2v) is 4.79. The molecule has 0 aliphatic rings. The Bertz CT molecular complexity index is 180. The van der Waals surface area contributed by atoms with E-state index in [-0.39, 0.29) is 11.7 Å². The van der Waals surface area contributed by atoms with Gasteiger partial charge in [-0.05, 0) is 12.8 Å². The normalized spacial score (nSPS) is 12.4. The van der Waals surface area contributed by atoms with Crippen LogP contribution in [-0.4, -0.2) is 28.3 Å². The molecule has 0 saturated heterocycles. The first-order chi connectivity index (χ1) is 6.70. The van der Waals surface area contributed by atoms with Crippen LogP contribution in [0, 0.1) is 0 Å². The number of carbonyl (C=O) groups is 1. The lowest BCUT2D eigenvalue weighted by atomic mass is 10.4. The third-order valence-corrected chi connectivity index (χ3v) is 3.07. The number of esters is 1. The summed E-state index contributed by atoms with van der Waals surface area (Å²) in [5.41, 5.74) is 0. The summed E-state index contributed by atoms with van der Waals surface area (Å²) in [4.78, 5) is 11.1. The molecule has 0 saturated carbocycles. The Morgan fingerprint density at radius 2 is 1.86 bits per heavy atom. The fourth-order valence-corrected chi connectivity index (χ4v) is 1.98. The molecular weight excluding hydrogens is 200 g/mol. The molecule has 0 aromatic carbocycles. The Morgan fingerprint density at radius 1 is 1.21 bits per heavy atom. The molecule has 0 radical (unpaired) electrons. The topological polar surface area (TPSA) is 43.4 Å². The lowest BCUT2D eigenvalue weighted by Gasteiger charge is -2.03. The van der Waals surface area contributed by atoms with Crippen molar-refractivity contribution >= 4 is 16.8 Å². The molecule has 0 heterocycles. The van der Waals surface area contributed by atoms with Crippen molar-refractivity contribution in [3.05, 3.63) is 0 Å². The number of hydrogen-bond acceptors (Lipinski definition) is 3. The number of unbranched alkanes of at least 4 members (excludes halogenated alkanes) is 2. The molecule has 0 rings (SSSR count). The van der Waals surface area contributed by atoms with Gasteiger partial charge in [0.25, 0.3) is 0 Å². The van der Waals surface area contributed by atoms with Crippen LogP contribution < -0.4 is 0 Å². The van der Waals surface area contributed by atoms with Crippen LogP contribution in [0.5, 0.6) is 0 Å². The molecule has 1 unspecified atom stereocenters. The Balaban J connectivity index is 3.45. The highest BCUT2D eigenvalue weighted by molar-refractivity contribution is 7.85. The van der Waals surface area contributed by atoms with Gasteiger partial charge in [0.2, 0.25) is 0 Å². The lowest BCUT2D eigenvalue weighted by molar-refractivity contribution is -0.140. The van der Waals surface area contributed by atoms with Crippen molar-refractivity contribution in [3.63, 3.8) is 0 Å². The van der Waals surface area contributed by atoms with E-state index in [4.69, 9.17) is 4.74 Å². The Hall–Kier alpha value is -0.380. The van der Waals surface area contributed by atoms with Gasteiger partial charge in [0, 0.05) is 16.6 Å². The largest absolute Gasteiger partial charge is 0.465 e. The molecule has 0 spiro atoms. The van der Waals surface area contributed by atoms with Gasteiger partial charge in [-0.15, -0.1) is 0 Å². The third-order valence-electron chi connectivity index (χ3n) is 1.77. The minimum absolute atomic E-state index is 0.0592. The van der Waals surface area contributed by atoms with E-state index >= 15 is 0 Å². The molecule has 0 N–H and O–H groups in total. The number of ether oxygens (including phenoxy) is 1. The summed E-state index contributed by atoms with van der Waals surface area (Å²) in [6, 6.07) is 0. The van der Waals surface area contributed by atoms with Gasteiger partial charge < -0.3 is 4.74 Å². The summed E-state index contributed by atoms with van der Waals surface area (Å²) in [6.45, 7) is 4.53. The van der Waals surface area contributed by atoms with Crippen molar-refractivity contribution in [1.29, 1.82) is 0 Å². The average Bonchev–Trinajstić information content (AvgIpc) is 2.15. The van der Waals surface area contributed by atoms with Crippen molar-refractivity contribution in [3.8, 4) is 0 Å². The standard InChI is InChI=1S/C10H20O3S/c1-3-5-7-13-10(11)9-14(12)8-6-4-2/h3-9H2,1-2H3. The molecule has 0 aromatic heterocycles. The molecule has 84 valence electrons. The first-order valence-corrected chi connectivity index (χ1v) is 6.70. The maximum Gasteiger partial charge on any atom is 0.318 e. The van der Waals surface area contributed by atoms with E-state index in [0.717, 1.165) is 25.7 Å². The van der Waals surface area contributed by atoms with Crippen LogP contribution in [0.4, 0.5) is 0 Å². The fourth-order valence-electron chi connectivity index (χ4n) is 0.881. The second kappa shape index (κ2) is 9.19. The monoisotopic (exact) mass is 220 g/mol. The van der Waals surface area contributed by atoms with Gasteiger partial charge in [0.15, 0.2) is 0 Å². The maximum atomic E-state index is 11.3. The zero-order valence-corrected chi connectivity index (χ0v) is 9.90. The molecular formula is C10H20O3S. The Kier molecular flexibility index (Phi) is 8.94. The summed E-state index contributed by atoms with van der Waals surface area (Å²) in [5, 5.41) is 0. The van der Waals surface area contributed by atoms with Gasteiger partial charge >= 0.3 is 5.97 Å². The van der Waals surface area contributed by atoms with Gasteiger partial charge in [-0.3, -0.25) is 9.00 Å². The van der Waals surface area contributed by atoms with E-state index in [2.05, 4.69) is 0 Å². The highest BCUT2D eigenvalue weighted by Crippen LogP contribution is 1.95. The molecule has 0 aliphatic heterocycles. The Morgan fingerprint density at radius 3 is 2.43 bits per heavy atom. The van der Waals surface area contributed by atoms with E-state index < -0.39 is 10.8 Å². The fraction of sp³-hybridized carbons (Fsp3) is 0.900. The molecule has 0 aliphatic carbocycles. The minimum Gasteiger partial charge on any atom is -0.465 e. The van der Waals surface area contributed by atoms with Crippen LogP contribution >= 0.6 is 0 Å². The third kappa shape index (κ3) is 8.23. The van der Waals surface area contributed by atoms with Crippen LogP contribution in [-0.2, 0) is 20.3 Å². The van der Waals surface area contributed by atoms with Crippen molar-refractivity contribution in [2.75, 3.05) is 18.1 Å². The molecule has 3 nitrogen and oxygen atoms in total. The lowest BCUT2D eigenvalue weighted by Crippen LogP contribution is -2.16. The first-order valence-electron chi connectivity index (χ1n) is 5.21. The highest BCUT2D eigenvalue weighted by atomic mass is 32.2. The summed E-state index contributed by atoms with van der Waals surface area (Å²) >= 11 is 0. The van der Waals surface area contributed by atoms with Gasteiger partial charge in [0.1, 0.15) is 5.75 Å². The zero-order chi connectivity index (χ0) is 10.8. The molecule has 0 fully saturated rings. The molecule has 0 aromatic rings. The van der Waals surface area contributed by atoms with E-state index in [0.29, 0.717) is 12.4 Å². The molecule has 4 heteroatoms. The summed E-state index contributed by atoms with van der Waals surface area (Å²) < 4.78 is 16.2. The van der Waals surface area contributed by atoms with E-state index in [9.17, 15) is 9.00 Å². The van der Waals surface area contributed by atoms with Crippen molar-refractivity contribution in [2.24, 2.45) is 0 Å². The average molecular weight is 220 g/mol. The predicted molar refractivity (Wildman–Crippen MR) is 58.7 cm³/mol. The van der Waals surface area contributed by atoms with Gasteiger partial charge in [-0.1, -0.05) is 26.7 Å². The summed E-state index contributed by atoms with van der Waals surface area (Å²) in [7, 11) is -1.03. The van der Waals surface area contributed by atoms with E-state index in [1.165, 1.54) is 0 Å². The van der Waals surface area contributed by atoms with Crippen molar-refractivity contribution < 1.29 is 13.7 Å². The van der Waals surface area contributed by atoms with Gasteiger partial charge in [0.05, 0.1) is 6.61 Å². The Labute approximate surface area is 88.7 Å². The second-order valence-electron chi connectivity index (χ2n) is 3.22. The summed E-state index contributed by atoms with van der Waals surface area (Å²) in [6.07, 6.45) is 3.81. The molecule has 14 heavy (non-hydrogen) atoms. The smallest absolute Gasteiger partial charge is 0.318 e. The van der Waals surface area contributed by atoms with Crippen LogP contribution in [0.3, 0.4) is 0 Å². The van der Waals surface area contributed by atoms with E-state index in [1.54, 1.807) is 0 Å². The molecule has 0 amide bonds. The maximum absolute atomic E-state index is 11.3. The predicted octanol–water partition coefficient (Wildman–Crippen LogP) is 1.88. The van der Waals surface area contributed by atoms with Gasteiger partial charge in [-0.2, -0.15) is 0 Å². The minimum atomic E-state index is -1.03. The van der Waals surface area contributed by atoms with Crippen LogP contribution in [0.15, 0.2) is 0 Å². The first kappa shape index (κ1) is 13.6. The molecule has 0 bridgehead atoms. The summed E-state index contributed by atoms with van der Waals surface area (Å²) in [5.74, 6) is 0.344. The number of carbonyl (C=O) groups excluding carboxylic acids is 1. The van der Waals surface area contributed by atoms with Crippen LogP contribution in [0.25, 0.3) is 0 Å². The molecule has 1 atom stereocenters. The van der Waals surface area contributed by atoms with Crippen molar-refractivity contribution in [2.45, 2.75) is 39.5 Å². The quantitative estimate of drug-likeness (QED) is 0.463. The highest BCUT2D eigenvalue weighted by Gasteiger charge is 2.07. The zero-order valence-electron chi connectivity index (χ0n) is 9.08. The van der Waals surface area contributed by atoms with Crippen molar-refractivity contribution in [1.82, 2.24) is 0 Å². The van der Waals surface area contributed by atoms with E-state index in [1.807, 2.05) is 13.8 Å².